The first-order chi connectivity index (χ1) is 9.10. The van der Waals surface area contributed by atoms with Gasteiger partial charge in [0.2, 0.25) is 0 Å². The number of carbonyl (C=O) groups excluding carboxylic acids is 1. The third kappa shape index (κ3) is 3.17. The normalized spacial score (nSPS) is 10.0. The highest BCUT2D eigenvalue weighted by molar-refractivity contribution is 6.33. The van der Waals surface area contributed by atoms with E-state index < -0.39 is 0 Å². The largest absolute Gasteiger partial charge is 0.497 e. The number of nitrogens with one attached hydrogen (secondary N) is 1. The second-order valence-electron chi connectivity index (χ2n) is 3.92. The van der Waals surface area contributed by atoms with Crippen LogP contribution in [-0.4, -0.2) is 13.0 Å². The molecule has 0 saturated heterocycles. The molecule has 0 aliphatic rings. The van der Waals surface area contributed by atoms with Crippen molar-refractivity contribution in [2.75, 3.05) is 18.2 Å². The molecule has 0 unspecified atom stereocenters. The molecule has 2 rings (SSSR count). The van der Waals surface area contributed by atoms with Gasteiger partial charge < -0.3 is 15.8 Å². The Bertz CT molecular complexity index is 614. The molecule has 0 bridgehead atoms. The first-order valence-corrected chi connectivity index (χ1v) is 5.98. The second kappa shape index (κ2) is 5.63. The van der Waals surface area contributed by atoms with Crippen LogP contribution in [0.25, 0.3) is 0 Å². The number of halogens is 1. The Morgan fingerprint density at radius 1 is 1.26 bits per heavy atom. The summed E-state index contributed by atoms with van der Waals surface area (Å²) >= 11 is 5.89. The van der Waals surface area contributed by atoms with Crippen molar-refractivity contribution < 1.29 is 9.53 Å². The Balaban J connectivity index is 2.18. The molecule has 0 atom stereocenters. The molecule has 5 heteroatoms. The number of hydrogen-bond donors (Lipinski definition) is 2. The van der Waals surface area contributed by atoms with E-state index in [2.05, 4.69) is 5.32 Å². The van der Waals surface area contributed by atoms with Crippen molar-refractivity contribution in [1.29, 1.82) is 0 Å². The lowest BCUT2D eigenvalue weighted by Gasteiger charge is -2.07. The summed E-state index contributed by atoms with van der Waals surface area (Å²) in [4.78, 5) is 12.0. The van der Waals surface area contributed by atoms with Gasteiger partial charge in [-0.05, 0) is 36.4 Å². The van der Waals surface area contributed by atoms with Crippen LogP contribution in [-0.2, 0) is 0 Å². The maximum Gasteiger partial charge on any atom is 0.255 e. The minimum absolute atomic E-state index is 0.236. The predicted molar refractivity (Wildman–Crippen MR) is 76.8 cm³/mol. The third-order valence-corrected chi connectivity index (χ3v) is 2.92. The van der Waals surface area contributed by atoms with E-state index in [0.29, 0.717) is 27.7 Å². The van der Waals surface area contributed by atoms with Gasteiger partial charge in [0.15, 0.2) is 0 Å². The fourth-order valence-electron chi connectivity index (χ4n) is 1.57. The highest BCUT2D eigenvalue weighted by atomic mass is 35.5. The SMILES string of the molecule is COc1cccc(C(=O)Nc2ccc(N)c(Cl)c2)c1. The Morgan fingerprint density at radius 2 is 2.05 bits per heavy atom. The van der Waals surface area contributed by atoms with E-state index in [0.717, 1.165) is 0 Å². The lowest BCUT2D eigenvalue weighted by molar-refractivity contribution is 0.102. The van der Waals surface area contributed by atoms with Crippen LogP contribution in [0, 0.1) is 0 Å². The summed E-state index contributed by atoms with van der Waals surface area (Å²) < 4.78 is 5.07. The quantitative estimate of drug-likeness (QED) is 0.846. The molecule has 2 aromatic carbocycles. The number of carbonyl (C=O) groups is 1. The molecule has 4 nitrogen and oxygen atoms in total. The number of rotatable bonds is 3. The topological polar surface area (TPSA) is 64.3 Å². The van der Waals surface area contributed by atoms with Crippen molar-refractivity contribution >= 4 is 28.9 Å². The maximum absolute atomic E-state index is 12.0. The molecular weight excluding hydrogens is 264 g/mol. The maximum atomic E-state index is 12.0. The smallest absolute Gasteiger partial charge is 0.255 e. The van der Waals surface area contributed by atoms with Gasteiger partial charge in [-0.3, -0.25) is 4.79 Å². The molecule has 98 valence electrons. The van der Waals surface area contributed by atoms with E-state index in [9.17, 15) is 4.79 Å². The summed E-state index contributed by atoms with van der Waals surface area (Å²) in [5, 5.41) is 3.15. The van der Waals surface area contributed by atoms with Gasteiger partial charge in [-0.2, -0.15) is 0 Å². The molecule has 1 amide bonds. The number of amides is 1. The average molecular weight is 277 g/mol. The summed E-state index contributed by atoms with van der Waals surface area (Å²) in [5.74, 6) is 0.391. The zero-order chi connectivity index (χ0) is 13.8. The molecule has 0 saturated carbocycles. The van der Waals surface area contributed by atoms with E-state index >= 15 is 0 Å². The van der Waals surface area contributed by atoms with Gasteiger partial charge in [0, 0.05) is 11.3 Å². The Morgan fingerprint density at radius 3 is 2.74 bits per heavy atom. The fraction of sp³-hybridized carbons (Fsp3) is 0.0714. The molecule has 0 aliphatic heterocycles. The predicted octanol–water partition coefficient (Wildman–Crippen LogP) is 3.18. The van der Waals surface area contributed by atoms with Crippen molar-refractivity contribution in [3.8, 4) is 5.75 Å². The molecule has 0 spiro atoms. The van der Waals surface area contributed by atoms with E-state index in [1.807, 2.05) is 0 Å². The van der Waals surface area contributed by atoms with E-state index in [1.54, 1.807) is 49.6 Å². The van der Waals surface area contributed by atoms with Crippen LogP contribution in [0.1, 0.15) is 10.4 Å². The van der Waals surface area contributed by atoms with Gasteiger partial charge in [0.05, 0.1) is 17.8 Å². The van der Waals surface area contributed by atoms with Crippen LogP contribution < -0.4 is 15.8 Å². The van der Waals surface area contributed by atoms with Crippen LogP contribution in [0.2, 0.25) is 5.02 Å². The molecule has 0 aromatic heterocycles. The van der Waals surface area contributed by atoms with Crippen molar-refractivity contribution in [2.45, 2.75) is 0 Å². The van der Waals surface area contributed by atoms with Crippen molar-refractivity contribution in [1.82, 2.24) is 0 Å². The molecule has 0 aliphatic carbocycles. The van der Waals surface area contributed by atoms with Gasteiger partial charge in [0.25, 0.3) is 5.91 Å². The fourth-order valence-corrected chi connectivity index (χ4v) is 1.75. The van der Waals surface area contributed by atoms with Crippen molar-refractivity contribution in [3.63, 3.8) is 0 Å². The number of ether oxygens (including phenoxy) is 1. The summed E-state index contributed by atoms with van der Waals surface area (Å²) in [6.45, 7) is 0. The molecular formula is C14H13ClN2O2. The van der Waals surface area contributed by atoms with Crippen molar-refractivity contribution in [2.24, 2.45) is 0 Å². The third-order valence-electron chi connectivity index (χ3n) is 2.59. The molecule has 2 aromatic rings. The van der Waals surface area contributed by atoms with Crippen LogP contribution in [0.5, 0.6) is 5.75 Å². The van der Waals surface area contributed by atoms with Crippen LogP contribution >= 0.6 is 11.6 Å². The molecule has 0 heterocycles. The number of nitrogen functional groups attached to an aromatic ring is 1. The zero-order valence-electron chi connectivity index (χ0n) is 10.3. The Labute approximate surface area is 116 Å². The van der Waals surface area contributed by atoms with E-state index in [1.165, 1.54) is 0 Å². The Hall–Kier alpha value is -2.20. The number of methoxy groups -OCH3 is 1. The number of anilines is 2. The summed E-state index contributed by atoms with van der Waals surface area (Å²) in [7, 11) is 1.55. The van der Waals surface area contributed by atoms with Gasteiger partial charge >= 0.3 is 0 Å². The monoisotopic (exact) mass is 276 g/mol. The minimum Gasteiger partial charge on any atom is -0.497 e. The molecule has 0 fully saturated rings. The van der Waals surface area contributed by atoms with Gasteiger partial charge in [-0.25, -0.2) is 0 Å². The Kier molecular flexibility index (Phi) is 3.92. The standard InChI is InChI=1S/C14H13ClN2O2/c1-19-11-4-2-3-9(7-11)14(18)17-10-5-6-13(16)12(15)8-10/h2-8H,16H2,1H3,(H,17,18). The first-order valence-electron chi connectivity index (χ1n) is 5.60. The summed E-state index contributed by atoms with van der Waals surface area (Å²) in [6.07, 6.45) is 0. The highest BCUT2D eigenvalue weighted by Crippen LogP contribution is 2.23. The number of benzene rings is 2. The van der Waals surface area contributed by atoms with Crippen molar-refractivity contribution in [3.05, 3.63) is 53.1 Å². The van der Waals surface area contributed by atoms with Gasteiger partial charge in [-0.15, -0.1) is 0 Å². The van der Waals surface area contributed by atoms with Crippen LogP contribution in [0.4, 0.5) is 11.4 Å². The second-order valence-corrected chi connectivity index (χ2v) is 4.33. The molecule has 0 radical (unpaired) electrons. The summed E-state index contributed by atoms with van der Waals surface area (Å²) in [5.41, 5.74) is 7.18. The van der Waals surface area contributed by atoms with Crippen LogP contribution in [0.15, 0.2) is 42.5 Å². The first kappa shape index (κ1) is 13.2. The lowest BCUT2D eigenvalue weighted by Crippen LogP contribution is -2.11. The van der Waals surface area contributed by atoms with E-state index in [-0.39, 0.29) is 5.91 Å². The summed E-state index contributed by atoms with van der Waals surface area (Å²) in [6, 6.07) is 11.8. The van der Waals surface area contributed by atoms with Gasteiger partial charge in [0.1, 0.15) is 5.75 Å². The highest BCUT2D eigenvalue weighted by Gasteiger charge is 2.08. The zero-order valence-corrected chi connectivity index (χ0v) is 11.1. The molecule has 19 heavy (non-hydrogen) atoms. The van der Waals surface area contributed by atoms with Gasteiger partial charge in [-0.1, -0.05) is 17.7 Å². The average Bonchev–Trinajstić information content (AvgIpc) is 2.43. The molecule has 3 N–H and O–H groups in total. The lowest BCUT2D eigenvalue weighted by atomic mass is 10.2. The minimum atomic E-state index is -0.236. The number of hydrogen-bond acceptors (Lipinski definition) is 3. The number of nitrogens with two attached hydrogens (primary N) is 1. The van der Waals surface area contributed by atoms with Crippen LogP contribution in [0.3, 0.4) is 0 Å². The van der Waals surface area contributed by atoms with E-state index in [4.69, 9.17) is 22.1 Å².